The molecule has 2 aromatic rings. The molecule has 0 bridgehead atoms. The lowest BCUT2D eigenvalue weighted by Crippen LogP contribution is -2.38. The zero-order chi connectivity index (χ0) is 21.7. The summed E-state index contributed by atoms with van der Waals surface area (Å²) in [6.45, 7) is 1.07. The summed E-state index contributed by atoms with van der Waals surface area (Å²) in [4.78, 5) is 24.3. The van der Waals surface area contributed by atoms with Crippen LogP contribution in [0.2, 0.25) is 0 Å². The number of hydrogen-bond donors (Lipinski definition) is 1. The van der Waals surface area contributed by atoms with Crippen LogP contribution in [0.15, 0.2) is 45.9 Å². The van der Waals surface area contributed by atoms with Crippen molar-refractivity contribution in [3.05, 3.63) is 47.9 Å². The number of ether oxygens (including phenoxy) is 1. The highest BCUT2D eigenvalue weighted by Gasteiger charge is 2.31. The maximum Gasteiger partial charge on any atom is 0.342 e. The fraction of sp³-hybridized carbons (Fsp3) is 0.429. The summed E-state index contributed by atoms with van der Waals surface area (Å²) < 4.78 is 37.8. The minimum atomic E-state index is -3.79. The maximum atomic E-state index is 13.2. The van der Waals surface area contributed by atoms with Crippen molar-refractivity contribution in [3.63, 3.8) is 0 Å². The topological polar surface area (TPSA) is 106 Å². The van der Waals surface area contributed by atoms with E-state index in [0.29, 0.717) is 5.76 Å². The fourth-order valence-electron chi connectivity index (χ4n) is 3.58. The van der Waals surface area contributed by atoms with Gasteiger partial charge in [-0.15, -0.1) is 0 Å². The van der Waals surface area contributed by atoms with Crippen LogP contribution in [0.5, 0.6) is 0 Å². The summed E-state index contributed by atoms with van der Waals surface area (Å²) >= 11 is 0. The monoisotopic (exact) mass is 434 g/mol. The number of rotatable bonds is 7. The van der Waals surface area contributed by atoms with Gasteiger partial charge < -0.3 is 14.5 Å². The summed E-state index contributed by atoms with van der Waals surface area (Å²) in [5, 5.41) is 2.54. The second kappa shape index (κ2) is 9.44. The number of furan rings is 1. The second-order valence-corrected chi connectivity index (χ2v) is 9.29. The van der Waals surface area contributed by atoms with Crippen LogP contribution in [0.4, 0.5) is 5.69 Å². The van der Waals surface area contributed by atoms with E-state index in [9.17, 15) is 18.0 Å². The van der Waals surface area contributed by atoms with Crippen LogP contribution in [0.1, 0.15) is 48.2 Å². The van der Waals surface area contributed by atoms with Crippen LogP contribution >= 0.6 is 0 Å². The van der Waals surface area contributed by atoms with E-state index in [1.54, 1.807) is 26.1 Å². The fourth-order valence-corrected chi connectivity index (χ4v) is 5.14. The number of aryl methyl sites for hydroxylation is 1. The number of nitrogens with one attached hydrogen (secondary N) is 1. The lowest BCUT2D eigenvalue weighted by molar-refractivity contribution is -0.119. The average Bonchev–Trinajstić information content (AvgIpc) is 3.18. The Balaban J connectivity index is 1.69. The Morgan fingerprint density at radius 3 is 2.53 bits per heavy atom. The van der Waals surface area contributed by atoms with E-state index < -0.39 is 28.5 Å². The first-order valence-electron chi connectivity index (χ1n) is 9.89. The molecule has 3 rings (SSSR count). The molecule has 1 amide bonds. The summed E-state index contributed by atoms with van der Waals surface area (Å²) in [6.07, 6.45) is 6.14. The third kappa shape index (κ3) is 4.91. The summed E-state index contributed by atoms with van der Waals surface area (Å²) in [7, 11) is -2.21. The Morgan fingerprint density at radius 2 is 1.87 bits per heavy atom. The lowest BCUT2D eigenvalue weighted by Gasteiger charge is -2.30. The van der Waals surface area contributed by atoms with Gasteiger partial charge in [0.25, 0.3) is 5.91 Å². The molecule has 0 atom stereocenters. The zero-order valence-corrected chi connectivity index (χ0v) is 17.9. The lowest BCUT2D eigenvalue weighted by atomic mass is 9.96. The number of hydrogen-bond acceptors (Lipinski definition) is 6. The molecule has 30 heavy (non-hydrogen) atoms. The summed E-state index contributed by atoms with van der Waals surface area (Å²) in [5.41, 5.74) is 0.389. The van der Waals surface area contributed by atoms with Crippen LogP contribution in [-0.2, 0) is 19.6 Å². The quantitative estimate of drug-likeness (QED) is 0.670. The van der Waals surface area contributed by atoms with Crippen LogP contribution < -0.4 is 5.32 Å². The zero-order valence-electron chi connectivity index (χ0n) is 17.1. The molecule has 1 N–H and O–H groups in total. The first kappa shape index (κ1) is 22.0. The van der Waals surface area contributed by atoms with Crippen molar-refractivity contribution in [3.8, 4) is 0 Å². The number of amides is 1. The minimum absolute atomic E-state index is 0.0171. The van der Waals surface area contributed by atoms with Gasteiger partial charge in [0.2, 0.25) is 10.0 Å². The molecule has 0 unspecified atom stereocenters. The van der Waals surface area contributed by atoms with Crippen LogP contribution in [0, 0.1) is 6.92 Å². The molecular formula is C21H26N2O6S. The van der Waals surface area contributed by atoms with E-state index in [-0.39, 0.29) is 22.2 Å². The molecule has 1 aliphatic carbocycles. The third-order valence-corrected chi connectivity index (χ3v) is 7.29. The van der Waals surface area contributed by atoms with Crippen LogP contribution in [0.3, 0.4) is 0 Å². The number of carbonyl (C=O) groups is 2. The normalized spacial score (nSPS) is 15.2. The van der Waals surface area contributed by atoms with E-state index in [2.05, 4.69) is 5.32 Å². The Hall–Kier alpha value is -2.65. The molecule has 8 nitrogen and oxygen atoms in total. The Bertz CT molecular complexity index is 1010. The number of anilines is 1. The van der Waals surface area contributed by atoms with E-state index in [0.717, 1.165) is 32.1 Å². The smallest absolute Gasteiger partial charge is 0.342 e. The molecule has 1 saturated carbocycles. The molecule has 1 aromatic heterocycles. The molecular weight excluding hydrogens is 408 g/mol. The van der Waals surface area contributed by atoms with Gasteiger partial charge >= 0.3 is 5.97 Å². The molecule has 1 fully saturated rings. The van der Waals surface area contributed by atoms with E-state index >= 15 is 0 Å². The summed E-state index contributed by atoms with van der Waals surface area (Å²) in [6, 6.07) is 7.63. The van der Waals surface area contributed by atoms with Crippen molar-refractivity contribution in [2.45, 2.75) is 50.0 Å². The first-order valence-corrected chi connectivity index (χ1v) is 11.3. The van der Waals surface area contributed by atoms with Gasteiger partial charge in [-0.2, -0.15) is 4.31 Å². The molecule has 0 spiro atoms. The van der Waals surface area contributed by atoms with Gasteiger partial charge in [-0.1, -0.05) is 31.4 Å². The number of esters is 1. The minimum Gasteiger partial charge on any atom is -0.469 e. The Kier molecular flexibility index (Phi) is 6.94. The van der Waals surface area contributed by atoms with Crippen molar-refractivity contribution in [1.29, 1.82) is 0 Å². The van der Waals surface area contributed by atoms with Gasteiger partial charge in [0.1, 0.15) is 16.2 Å². The van der Waals surface area contributed by atoms with Gasteiger partial charge in [-0.25, -0.2) is 13.2 Å². The Labute approximate surface area is 176 Å². The molecule has 162 valence electrons. The number of sulfonamides is 1. The van der Waals surface area contributed by atoms with Crippen molar-refractivity contribution in [1.82, 2.24) is 4.31 Å². The van der Waals surface area contributed by atoms with Crippen molar-refractivity contribution < 1.29 is 27.2 Å². The molecule has 1 heterocycles. The molecule has 1 aromatic carbocycles. The van der Waals surface area contributed by atoms with Crippen molar-refractivity contribution >= 4 is 27.6 Å². The second-order valence-electron chi connectivity index (χ2n) is 7.32. The molecule has 0 saturated heterocycles. The largest absolute Gasteiger partial charge is 0.469 e. The standard InChI is InChI=1S/C21H26N2O6S/c1-15-17(12-13-28-15)21(25)29-14-20(24)22-18-10-6-7-11-19(18)30(26,27)23(2)16-8-4-3-5-9-16/h6-7,10-13,16H,3-5,8-9,14H2,1-2H3,(H,22,24). The predicted octanol–water partition coefficient (Wildman–Crippen LogP) is 3.34. The van der Waals surface area contributed by atoms with Gasteiger partial charge in [0.05, 0.1) is 12.0 Å². The van der Waals surface area contributed by atoms with Crippen molar-refractivity contribution in [2.75, 3.05) is 19.0 Å². The average molecular weight is 435 g/mol. The molecule has 9 heteroatoms. The van der Waals surface area contributed by atoms with Crippen LogP contribution in [-0.4, -0.2) is 44.3 Å². The Morgan fingerprint density at radius 1 is 1.17 bits per heavy atom. The first-order chi connectivity index (χ1) is 14.3. The number of para-hydroxylation sites is 1. The van der Waals surface area contributed by atoms with Crippen molar-refractivity contribution in [2.24, 2.45) is 0 Å². The maximum absolute atomic E-state index is 13.2. The summed E-state index contributed by atoms with van der Waals surface area (Å²) in [5.74, 6) is -0.926. The van der Waals surface area contributed by atoms with E-state index in [4.69, 9.17) is 9.15 Å². The van der Waals surface area contributed by atoms with Crippen LogP contribution in [0.25, 0.3) is 0 Å². The molecule has 1 aliphatic rings. The highest BCUT2D eigenvalue weighted by molar-refractivity contribution is 7.89. The highest BCUT2D eigenvalue weighted by atomic mass is 32.2. The number of nitrogens with zero attached hydrogens (tertiary/aromatic N) is 1. The van der Waals surface area contributed by atoms with Gasteiger partial charge in [0.15, 0.2) is 6.61 Å². The van der Waals surface area contributed by atoms with E-state index in [1.807, 2.05) is 0 Å². The third-order valence-electron chi connectivity index (χ3n) is 5.32. The van der Waals surface area contributed by atoms with Gasteiger partial charge in [0, 0.05) is 13.1 Å². The van der Waals surface area contributed by atoms with Gasteiger partial charge in [-0.3, -0.25) is 4.79 Å². The molecule has 0 aliphatic heterocycles. The predicted molar refractivity (Wildman–Crippen MR) is 111 cm³/mol. The van der Waals surface area contributed by atoms with E-state index in [1.165, 1.54) is 28.8 Å². The van der Waals surface area contributed by atoms with Gasteiger partial charge in [-0.05, 0) is 38.0 Å². The highest BCUT2D eigenvalue weighted by Crippen LogP contribution is 2.29. The number of carbonyl (C=O) groups excluding carboxylic acids is 2. The number of benzene rings is 1. The SMILES string of the molecule is Cc1occc1C(=O)OCC(=O)Nc1ccccc1S(=O)(=O)N(C)C1CCCCC1. The molecule has 0 radical (unpaired) electrons.